The quantitative estimate of drug-likeness (QED) is 0.880. The molecule has 2 rings (SSSR count). The Morgan fingerprint density at radius 2 is 2.09 bits per heavy atom. The zero-order chi connectivity index (χ0) is 16.3. The summed E-state index contributed by atoms with van der Waals surface area (Å²) >= 11 is 0. The molecule has 1 heterocycles. The fraction of sp³-hybridized carbons (Fsp3) is 0.308. The number of rotatable bonds is 4. The lowest BCUT2D eigenvalue weighted by Crippen LogP contribution is -2.21. The Labute approximate surface area is 122 Å². The summed E-state index contributed by atoms with van der Waals surface area (Å²) in [7, 11) is 0. The zero-order valence-electron chi connectivity index (χ0n) is 11.4. The first-order valence-electron chi connectivity index (χ1n) is 6.27. The third kappa shape index (κ3) is 3.60. The van der Waals surface area contributed by atoms with Crippen molar-refractivity contribution in [1.82, 2.24) is 15.5 Å². The predicted octanol–water partition coefficient (Wildman–Crippen LogP) is 2.92. The second-order valence-electron chi connectivity index (χ2n) is 4.37. The number of hydrogen-bond donors (Lipinski definition) is 1. The van der Waals surface area contributed by atoms with Crippen molar-refractivity contribution in [3.63, 3.8) is 0 Å². The number of amides is 1. The smallest absolute Gasteiger partial charge is 0.352 e. The van der Waals surface area contributed by atoms with E-state index >= 15 is 0 Å². The number of carbonyl (C=O) groups excluding carboxylic acids is 1. The molecule has 1 amide bonds. The molecule has 0 radical (unpaired) electrons. The number of halogens is 4. The van der Waals surface area contributed by atoms with Gasteiger partial charge in [-0.1, -0.05) is 18.1 Å². The van der Waals surface area contributed by atoms with Gasteiger partial charge in [-0.25, -0.2) is 4.39 Å². The van der Waals surface area contributed by atoms with Crippen LogP contribution in [0.25, 0.3) is 11.4 Å². The number of alkyl halides is 3. The number of carbonyl (C=O) groups is 1. The molecule has 0 unspecified atom stereocenters. The Bertz CT molecular complexity index is 682. The molecule has 0 spiro atoms. The van der Waals surface area contributed by atoms with Crippen LogP contribution in [-0.4, -0.2) is 16.0 Å². The third-order valence-corrected chi connectivity index (χ3v) is 2.75. The number of nitrogens with one attached hydrogen (secondary N) is 1. The molecule has 2 aromatic rings. The summed E-state index contributed by atoms with van der Waals surface area (Å²) in [6, 6.07) is 3.78. The predicted molar refractivity (Wildman–Crippen MR) is 66.8 cm³/mol. The largest absolute Gasteiger partial charge is 0.471 e. The van der Waals surface area contributed by atoms with Crippen LogP contribution in [0.2, 0.25) is 0 Å². The number of nitrogens with zero attached hydrogens (tertiary/aromatic N) is 2. The zero-order valence-corrected chi connectivity index (χ0v) is 11.4. The van der Waals surface area contributed by atoms with Gasteiger partial charge >= 0.3 is 12.1 Å². The minimum absolute atomic E-state index is 0.115. The Kier molecular flexibility index (Phi) is 4.43. The third-order valence-electron chi connectivity index (χ3n) is 2.75. The van der Waals surface area contributed by atoms with Gasteiger partial charge in [0, 0.05) is 13.0 Å². The number of benzene rings is 1. The van der Waals surface area contributed by atoms with Crippen LogP contribution < -0.4 is 5.32 Å². The van der Waals surface area contributed by atoms with Crippen LogP contribution in [-0.2, 0) is 17.5 Å². The summed E-state index contributed by atoms with van der Waals surface area (Å²) in [5.74, 6) is -3.04. The molecule has 22 heavy (non-hydrogen) atoms. The van der Waals surface area contributed by atoms with E-state index in [4.69, 9.17) is 0 Å². The second kappa shape index (κ2) is 6.12. The average molecular weight is 317 g/mol. The fourth-order valence-electron chi connectivity index (χ4n) is 1.62. The summed E-state index contributed by atoms with van der Waals surface area (Å²) in [5, 5.41) is 5.67. The number of hydrogen-bond acceptors (Lipinski definition) is 4. The first-order chi connectivity index (χ1) is 10.3. The lowest BCUT2D eigenvalue weighted by atomic mass is 10.1. The van der Waals surface area contributed by atoms with Crippen molar-refractivity contribution in [2.24, 2.45) is 0 Å². The van der Waals surface area contributed by atoms with Gasteiger partial charge in [-0.15, -0.1) is 0 Å². The van der Waals surface area contributed by atoms with Gasteiger partial charge < -0.3 is 9.84 Å². The van der Waals surface area contributed by atoms with E-state index < -0.39 is 23.7 Å². The minimum atomic E-state index is -4.79. The molecule has 0 fully saturated rings. The van der Waals surface area contributed by atoms with Gasteiger partial charge in [-0.05, 0) is 17.7 Å². The van der Waals surface area contributed by atoms with Crippen molar-refractivity contribution in [3.8, 4) is 11.4 Å². The van der Waals surface area contributed by atoms with Gasteiger partial charge in [0.15, 0.2) is 0 Å². The molecule has 1 aromatic heterocycles. The van der Waals surface area contributed by atoms with Gasteiger partial charge in [-0.2, -0.15) is 18.2 Å². The van der Waals surface area contributed by atoms with Crippen LogP contribution in [0.4, 0.5) is 17.6 Å². The normalized spacial score (nSPS) is 11.5. The van der Waals surface area contributed by atoms with Gasteiger partial charge in [0.1, 0.15) is 5.82 Å². The van der Waals surface area contributed by atoms with Crippen LogP contribution in [0.1, 0.15) is 24.8 Å². The molecule has 0 saturated heterocycles. The second-order valence-corrected chi connectivity index (χ2v) is 4.37. The summed E-state index contributed by atoms with van der Waals surface area (Å²) in [5.41, 5.74) is 0.243. The molecular weight excluding hydrogens is 306 g/mol. The Balaban J connectivity index is 2.19. The number of aromatic nitrogens is 2. The molecule has 0 bridgehead atoms. The van der Waals surface area contributed by atoms with Crippen molar-refractivity contribution in [3.05, 3.63) is 35.5 Å². The van der Waals surface area contributed by atoms with E-state index in [-0.39, 0.29) is 18.0 Å². The molecule has 0 aliphatic heterocycles. The maximum Gasteiger partial charge on any atom is 0.471 e. The van der Waals surface area contributed by atoms with Gasteiger partial charge in [0.2, 0.25) is 11.7 Å². The first kappa shape index (κ1) is 15.9. The Morgan fingerprint density at radius 1 is 1.36 bits per heavy atom. The van der Waals surface area contributed by atoms with Crippen molar-refractivity contribution < 1.29 is 26.9 Å². The highest BCUT2D eigenvalue weighted by atomic mass is 19.4. The van der Waals surface area contributed by atoms with Crippen molar-refractivity contribution in [1.29, 1.82) is 0 Å². The minimum Gasteiger partial charge on any atom is -0.352 e. The van der Waals surface area contributed by atoms with E-state index in [0.717, 1.165) is 6.07 Å². The molecule has 1 N–H and O–H groups in total. The summed E-state index contributed by atoms with van der Waals surface area (Å²) in [6.45, 7) is 1.79. The molecule has 1 aromatic carbocycles. The maximum absolute atomic E-state index is 13.9. The van der Waals surface area contributed by atoms with E-state index in [1.165, 1.54) is 12.1 Å². The topological polar surface area (TPSA) is 68.0 Å². The molecule has 5 nitrogen and oxygen atoms in total. The van der Waals surface area contributed by atoms with E-state index in [2.05, 4.69) is 20.0 Å². The molecule has 0 atom stereocenters. The summed E-state index contributed by atoms with van der Waals surface area (Å²) in [4.78, 5) is 14.2. The van der Waals surface area contributed by atoms with Crippen LogP contribution in [0.3, 0.4) is 0 Å². The Hall–Kier alpha value is -2.45. The SMILES string of the molecule is CCC(=O)NCc1ccc(-c2noc(C(F)(F)F)n2)c(F)c1. The highest BCUT2D eigenvalue weighted by Crippen LogP contribution is 2.30. The van der Waals surface area contributed by atoms with Crippen LogP contribution in [0, 0.1) is 5.82 Å². The fourth-order valence-corrected chi connectivity index (χ4v) is 1.62. The highest BCUT2D eigenvalue weighted by molar-refractivity contribution is 5.75. The first-order valence-corrected chi connectivity index (χ1v) is 6.27. The molecule has 0 aliphatic rings. The molecule has 118 valence electrons. The van der Waals surface area contributed by atoms with Crippen LogP contribution >= 0.6 is 0 Å². The van der Waals surface area contributed by atoms with E-state index in [0.29, 0.717) is 12.0 Å². The highest BCUT2D eigenvalue weighted by Gasteiger charge is 2.38. The molecule has 0 saturated carbocycles. The Morgan fingerprint density at radius 3 is 2.64 bits per heavy atom. The van der Waals surface area contributed by atoms with Crippen LogP contribution in [0.5, 0.6) is 0 Å². The molecular formula is C13H11F4N3O2. The molecule has 9 heteroatoms. The van der Waals surface area contributed by atoms with Gasteiger partial charge in [-0.3, -0.25) is 4.79 Å². The summed E-state index contributed by atoms with van der Waals surface area (Å²) in [6.07, 6.45) is -4.49. The summed E-state index contributed by atoms with van der Waals surface area (Å²) < 4.78 is 55.1. The molecule has 0 aliphatic carbocycles. The lowest BCUT2D eigenvalue weighted by molar-refractivity contribution is -0.159. The average Bonchev–Trinajstić information content (AvgIpc) is 2.94. The van der Waals surface area contributed by atoms with Crippen molar-refractivity contribution in [2.45, 2.75) is 26.1 Å². The van der Waals surface area contributed by atoms with Crippen molar-refractivity contribution in [2.75, 3.05) is 0 Å². The van der Waals surface area contributed by atoms with Gasteiger partial charge in [0.05, 0.1) is 5.56 Å². The van der Waals surface area contributed by atoms with Gasteiger partial charge in [0.25, 0.3) is 0 Å². The standard InChI is InChI=1S/C13H11F4N3O2/c1-2-10(21)18-6-7-3-4-8(9(14)5-7)11-19-12(22-20-11)13(15,16)17/h3-5H,2,6H2,1H3,(H,18,21). The van der Waals surface area contributed by atoms with E-state index in [1.807, 2.05) is 0 Å². The maximum atomic E-state index is 13.9. The van der Waals surface area contributed by atoms with E-state index in [9.17, 15) is 22.4 Å². The monoisotopic (exact) mass is 317 g/mol. The lowest BCUT2D eigenvalue weighted by Gasteiger charge is -2.05. The van der Waals surface area contributed by atoms with E-state index in [1.54, 1.807) is 6.92 Å². The van der Waals surface area contributed by atoms with Crippen molar-refractivity contribution >= 4 is 5.91 Å². The van der Waals surface area contributed by atoms with Crippen LogP contribution in [0.15, 0.2) is 22.7 Å².